The molecule has 4 N–H and O–H groups in total. The molecule has 2 amide bonds. The number of hydrogen-bond acceptors (Lipinski definition) is 6. The van der Waals surface area contributed by atoms with Gasteiger partial charge in [0.25, 0.3) is 0 Å². The molecule has 27 heavy (non-hydrogen) atoms. The lowest BCUT2D eigenvalue weighted by molar-refractivity contribution is -0.114. The summed E-state index contributed by atoms with van der Waals surface area (Å²) in [5, 5.41) is 10.3. The summed E-state index contributed by atoms with van der Waals surface area (Å²) in [5.41, 5.74) is 1.08. The zero-order valence-electron chi connectivity index (χ0n) is 14.5. The van der Waals surface area contributed by atoms with Gasteiger partial charge in [-0.2, -0.15) is 0 Å². The van der Waals surface area contributed by atoms with Crippen molar-refractivity contribution >= 4 is 45.0 Å². The third-order valence-corrected chi connectivity index (χ3v) is 5.17. The van der Waals surface area contributed by atoms with E-state index >= 15 is 0 Å². The lowest BCUT2D eigenvalue weighted by atomic mass is 10.3. The summed E-state index contributed by atoms with van der Waals surface area (Å²) in [6.07, 6.45) is 0. The molecular formula is C17H19N3O5S2. The van der Waals surface area contributed by atoms with E-state index in [1.54, 1.807) is 31.4 Å². The Morgan fingerprint density at radius 2 is 1.37 bits per heavy atom. The maximum Gasteiger partial charge on any atom is 0.238 e. The molecule has 0 saturated carbocycles. The smallest absolute Gasteiger partial charge is 0.238 e. The number of hydrogen-bond donors (Lipinski definition) is 3. The van der Waals surface area contributed by atoms with E-state index in [1.807, 2.05) is 0 Å². The Hall–Kier alpha value is -2.56. The van der Waals surface area contributed by atoms with Crippen LogP contribution in [0.1, 0.15) is 0 Å². The van der Waals surface area contributed by atoms with E-state index in [2.05, 4.69) is 10.6 Å². The normalized spacial score (nSPS) is 10.9. The number of methoxy groups -OCH3 is 1. The first-order valence-corrected chi connectivity index (χ1v) is 10.4. The molecule has 0 aromatic heterocycles. The van der Waals surface area contributed by atoms with E-state index < -0.39 is 10.0 Å². The van der Waals surface area contributed by atoms with Crippen LogP contribution in [0.15, 0.2) is 53.4 Å². The van der Waals surface area contributed by atoms with Crippen LogP contribution in [0.2, 0.25) is 0 Å². The topological polar surface area (TPSA) is 128 Å². The van der Waals surface area contributed by atoms with Crippen molar-refractivity contribution in [2.45, 2.75) is 4.90 Å². The first kappa shape index (κ1) is 20.7. The molecular weight excluding hydrogens is 390 g/mol. The lowest BCUT2D eigenvalue weighted by Gasteiger charge is -2.07. The molecule has 144 valence electrons. The fourth-order valence-electron chi connectivity index (χ4n) is 2.03. The Balaban J connectivity index is 1.74. The molecule has 0 fully saturated rings. The summed E-state index contributed by atoms with van der Waals surface area (Å²) in [4.78, 5) is 23.7. The predicted octanol–water partition coefficient (Wildman–Crippen LogP) is 1.65. The Labute approximate surface area is 161 Å². The van der Waals surface area contributed by atoms with E-state index in [0.717, 1.165) is 11.8 Å². The van der Waals surface area contributed by atoms with E-state index in [-0.39, 0.29) is 28.2 Å². The van der Waals surface area contributed by atoms with Crippen molar-refractivity contribution in [1.29, 1.82) is 0 Å². The Bertz CT molecular complexity index is 897. The average Bonchev–Trinajstić information content (AvgIpc) is 2.62. The molecule has 0 aliphatic rings. The van der Waals surface area contributed by atoms with Gasteiger partial charge in [-0.25, -0.2) is 13.6 Å². The number of nitrogens with one attached hydrogen (secondary N) is 2. The van der Waals surface area contributed by atoms with Crippen LogP contribution >= 0.6 is 11.8 Å². The van der Waals surface area contributed by atoms with Gasteiger partial charge in [-0.15, -0.1) is 11.8 Å². The second-order valence-electron chi connectivity index (χ2n) is 5.39. The van der Waals surface area contributed by atoms with Crippen LogP contribution < -0.4 is 20.5 Å². The van der Waals surface area contributed by atoms with Crippen molar-refractivity contribution in [1.82, 2.24) is 0 Å². The van der Waals surface area contributed by atoms with Crippen molar-refractivity contribution in [2.75, 3.05) is 29.2 Å². The zero-order valence-corrected chi connectivity index (χ0v) is 16.1. The van der Waals surface area contributed by atoms with Gasteiger partial charge in [-0.05, 0) is 48.5 Å². The molecule has 0 aliphatic heterocycles. The highest BCUT2D eigenvalue weighted by molar-refractivity contribution is 8.00. The van der Waals surface area contributed by atoms with Crippen LogP contribution in [0.3, 0.4) is 0 Å². The van der Waals surface area contributed by atoms with Crippen molar-refractivity contribution in [3.05, 3.63) is 48.5 Å². The van der Waals surface area contributed by atoms with Crippen LogP contribution in [0, 0.1) is 0 Å². The van der Waals surface area contributed by atoms with Gasteiger partial charge in [0.05, 0.1) is 23.5 Å². The SMILES string of the molecule is COc1ccc(NC(=O)CSCC(=O)Nc2ccc(S(N)(=O)=O)cc2)cc1. The molecule has 0 spiro atoms. The lowest BCUT2D eigenvalue weighted by Crippen LogP contribution is -2.18. The third kappa shape index (κ3) is 6.93. The van der Waals surface area contributed by atoms with Gasteiger partial charge < -0.3 is 15.4 Å². The summed E-state index contributed by atoms with van der Waals surface area (Å²) in [6.45, 7) is 0. The number of rotatable bonds is 8. The van der Waals surface area contributed by atoms with Crippen LogP contribution in [0.25, 0.3) is 0 Å². The molecule has 0 saturated heterocycles. The molecule has 8 nitrogen and oxygen atoms in total. The third-order valence-electron chi connectivity index (χ3n) is 3.31. The second kappa shape index (κ2) is 9.40. The fraction of sp³-hybridized carbons (Fsp3) is 0.176. The van der Waals surface area contributed by atoms with Crippen molar-refractivity contribution in [3.8, 4) is 5.75 Å². The Morgan fingerprint density at radius 3 is 1.78 bits per heavy atom. The molecule has 10 heteroatoms. The monoisotopic (exact) mass is 409 g/mol. The number of ether oxygens (including phenoxy) is 1. The van der Waals surface area contributed by atoms with Crippen molar-refractivity contribution < 1.29 is 22.7 Å². The number of carbonyl (C=O) groups excluding carboxylic acids is 2. The number of primary sulfonamides is 1. The van der Waals surface area contributed by atoms with E-state index in [0.29, 0.717) is 17.1 Å². The zero-order chi connectivity index (χ0) is 19.9. The molecule has 0 bridgehead atoms. The summed E-state index contributed by atoms with van der Waals surface area (Å²) >= 11 is 1.16. The fourth-order valence-corrected chi connectivity index (χ4v) is 3.17. The minimum atomic E-state index is -3.77. The standard InChI is InChI=1S/C17H19N3O5S2/c1-25-14-6-2-12(3-7-14)19-16(21)10-26-11-17(22)20-13-4-8-15(9-5-13)27(18,23)24/h2-9H,10-11H2,1H3,(H,19,21)(H,20,22)(H2,18,23,24). The minimum absolute atomic E-state index is 0.0370. The molecule has 0 heterocycles. The van der Waals surface area contributed by atoms with Gasteiger partial charge in [0.2, 0.25) is 21.8 Å². The van der Waals surface area contributed by atoms with E-state index in [9.17, 15) is 18.0 Å². The number of nitrogens with two attached hydrogens (primary N) is 1. The molecule has 0 aliphatic carbocycles. The number of amides is 2. The molecule has 2 aromatic carbocycles. The highest BCUT2D eigenvalue weighted by atomic mass is 32.2. The van der Waals surface area contributed by atoms with Gasteiger partial charge in [0, 0.05) is 11.4 Å². The predicted molar refractivity (Wildman–Crippen MR) is 105 cm³/mol. The quantitative estimate of drug-likeness (QED) is 0.608. The van der Waals surface area contributed by atoms with Crippen LogP contribution in [0.4, 0.5) is 11.4 Å². The molecule has 2 rings (SSSR count). The minimum Gasteiger partial charge on any atom is -0.497 e. The van der Waals surface area contributed by atoms with Crippen LogP contribution in [-0.2, 0) is 19.6 Å². The summed E-state index contributed by atoms with van der Waals surface area (Å²) in [7, 11) is -2.21. The van der Waals surface area contributed by atoms with Crippen LogP contribution in [-0.4, -0.2) is 38.8 Å². The number of carbonyl (C=O) groups is 2. The number of benzene rings is 2. The highest BCUT2D eigenvalue weighted by Crippen LogP contribution is 2.16. The first-order valence-electron chi connectivity index (χ1n) is 7.72. The highest BCUT2D eigenvalue weighted by Gasteiger charge is 2.09. The van der Waals surface area contributed by atoms with Crippen LogP contribution in [0.5, 0.6) is 5.75 Å². The van der Waals surface area contributed by atoms with Crippen molar-refractivity contribution in [2.24, 2.45) is 5.14 Å². The van der Waals surface area contributed by atoms with E-state index in [1.165, 1.54) is 24.3 Å². The number of sulfonamides is 1. The second-order valence-corrected chi connectivity index (χ2v) is 7.93. The van der Waals surface area contributed by atoms with Gasteiger partial charge >= 0.3 is 0 Å². The molecule has 0 radical (unpaired) electrons. The first-order chi connectivity index (χ1) is 12.8. The largest absolute Gasteiger partial charge is 0.497 e. The maximum absolute atomic E-state index is 11.9. The average molecular weight is 409 g/mol. The number of anilines is 2. The maximum atomic E-state index is 11.9. The van der Waals surface area contributed by atoms with Gasteiger partial charge in [0.1, 0.15) is 5.75 Å². The molecule has 2 aromatic rings. The summed E-state index contributed by atoms with van der Waals surface area (Å²) in [5.74, 6) is 0.351. The van der Waals surface area contributed by atoms with Crippen molar-refractivity contribution in [3.63, 3.8) is 0 Å². The molecule has 0 unspecified atom stereocenters. The Morgan fingerprint density at radius 1 is 0.926 bits per heavy atom. The van der Waals surface area contributed by atoms with Gasteiger partial charge in [-0.3, -0.25) is 9.59 Å². The number of thioether (sulfide) groups is 1. The molecule has 0 atom stereocenters. The summed E-state index contributed by atoms with van der Waals surface area (Å²) < 4.78 is 27.4. The van der Waals surface area contributed by atoms with Gasteiger partial charge in [-0.1, -0.05) is 0 Å². The van der Waals surface area contributed by atoms with E-state index in [4.69, 9.17) is 9.88 Å². The van der Waals surface area contributed by atoms with Gasteiger partial charge in [0.15, 0.2) is 0 Å². The Kier molecular flexibility index (Phi) is 7.22. The summed E-state index contributed by atoms with van der Waals surface area (Å²) in [6, 6.07) is 12.4.